The van der Waals surface area contributed by atoms with E-state index in [0.717, 1.165) is 55.9 Å². The van der Waals surface area contributed by atoms with Crippen molar-refractivity contribution in [2.24, 2.45) is 0 Å². The largest absolute Gasteiger partial charge is 0.509 e. The van der Waals surface area contributed by atoms with Crippen LogP contribution in [0.2, 0.25) is 0 Å². The van der Waals surface area contributed by atoms with Gasteiger partial charge in [-0.3, -0.25) is 0 Å². The first-order valence-electron chi connectivity index (χ1n) is 26.6. The van der Waals surface area contributed by atoms with Crippen LogP contribution in [0.25, 0.3) is 38.8 Å². The molecule has 75 heavy (non-hydrogen) atoms. The van der Waals surface area contributed by atoms with Gasteiger partial charge in [-0.25, -0.2) is 4.98 Å². The van der Waals surface area contributed by atoms with Gasteiger partial charge in [-0.15, -0.1) is 53.6 Å². The molecular weight excluding hydrogens is 1100 g/mol. The van der Waals surface area contributed by atoms with Crippen LogP contribution in [0.15, 0.2) is 152 Å². The summed E-state index contributed by atoms with van der Waals surface area (Å²) in [5.41, 5.74) is 17.1. The van der Waals surface area contributed by atoms with Gasteiger partial charge in [-0.05, 0) is 120 Å². The number of nitrogens with zero attached hydrogens (tertiary/aromatic N) is 4. The summed E-state index contributed by atoms with van der Waals surface area (Å²) in [4.78, 5) is 9.72. The fourth-order valence-electron chi connectivity index (χ4n) is 10.6. The number of benzene rings is 7. The van der Waals surface area contributed by atoms with Crippen molar-refractivity contribution < 1.29 is 25.8 Å². The summed E-state index contributed by atoms with van der Waals surface area (Å²) in [7, 11) is 0. The second-order valence-electron chi connectivity index (χ2n) is 24.8. The van der Waals surface area contributed by atoms with Crippen LogP contribution in [-0.2, 0) is 42.7 Å². The quantitative estimate of drug-likeness (QED) is 0.128. The first-order valence-corrected chi connectivity index (χ1v) is 26.6. The SMILES string of the molecule is CC(C)c1cccc(C(C)C)c1-c1ccc2c(c1)N(c1[c-]c(Oc3[c-]c4c(cc3)c3ccccc3n4-c3cc(C(C)(C)c4ccccc4)ccn3)cc(C(C)(C)C)c1)[CH-]N2c1cc(C(C)(C)C)cc(C(C)(C)C)c1.[Pt]. The summed E-state index contributed by atoms with van der Waals surface area (Å²) < 4.78 is 9.26. The average molecular weight is 1170 g/mol. The smallest absolute Gasteiger partial charge is 0.135 e. The second kappa shape index (κ2) is 19.9. The van der Waals surface area contributed by atoms with E-state index in [-0.39, 0.29) is 42.7 Å². The zero-order valence-electron chi connectivity index (χ0n) is 46.7. The van der Waals surface area contributed by atoms with Gasteiger partial charge in [0.1, 0.15) is 5.82 Å². The summed E-state index contributed by atoms with van der Waals surface area (Å²) in [6, 6.07) is 60.8. The maximum atomic E-state index is 7.03. The molecule has 7 aromatic carbocycles. The number of hydrogen-bond donors (Lipinski definition) is 0. The van der Waals surface area contributed by atoms with Crippen LogP contribution in [0.3, 0.4) is 0 Å². The first kappa shape index (κ1) is 53.4. The number of ether oxygens (including phenoxy) is 1. The molecule has 0 atom stereocenters. The van der Waals surface area contributed by atoms with Crippen molar-refractivity contribution in [2.75, 3.05) is 9.80 Å². The molecule has 0 saturated carbocycles. The number of para-hydroxylation sites is 1. The van der Waals surface area contributed by atoms with E-state index in [1.165, 1.54) is 44.5 Å². The number of anilines is 4. The molecule has 0 spiro atoms. The molecule has 0 saturated heterocycles. The van der Waals surface area contributed by atoms with Crippen LogP contribution < -0.4 is 14.5 Å². The Morgan fingerprint density at radius 3 is 1.77 bits per heavy atom. The van der Waals surface area contributed by atoms with Crippen molar-refractivity contribution >= 4 is 44.6 Å². The van der Waals surface area contributed by atoms with Crippen LogP contribution in [0.4, 0.5) is 22.7 Å². The van der Waals surface area contributed by atoms with Gasteiger partial charge >= 0.3 is 0 Å². The van der Waals surface area contributed by atoms with Gasteiger partial charge in [0.05, 0.1) is 0 Å². The number of aromatic nitrogens is 2. The van der Waals surface area contributed by atoms with E-state index < -0.39 is 0 Å². The van der Waals surface area contributed by atoms with Gasteiger partial charge in [0, 0.05) is 66.8 Å². The molecule has 3 heterocycles. The zero-order valence-corrected chi connectivity index (χ0v) is 49.0. The Morgan fingerprint density at radius 1 is 0.507 bits per heavy atom. The molecule has 0 N–H and O–H groups in total. The van der Waals surface area contributed by atoms with E-state index >= 15 is 0 Å². The van der Waals surface area contributed by atoms with Crippen molar-refractivity contribution in [3.8, 4) is 28.4 Å². The monoisotopic (exact) mass is 1170 g/mol. The number of hydrogen-bond acceptors (Lipinski definition) is 4. The predicted octanol–water partition coefficient (Wildman–Crippen LogP) is 19.1. The molecular formula is C69H73N4OPt-3. The standard InChI is InChI=1S/C69H73N4O.Pt/c1-44(2)56-25-21-26-57(45(3)4)65(56)46-28-31-61-63(34-46)72(43-71(61)52-36-49(66(5,6)7)35-50(37-52)67(8,9)10)53-38-51(68(11,12)13)39-55(41-53)74-54-29-30-59-58-24-19-20-27-60(58)73(62(59)42-54)64-40-48(32-33-70-64)69(14,15)47-22-17-16-18-23-47;/h16-40,43-45H,1-15H3;/q-3;. The Kier molecular flexibility index (Phi) is 14.2. The van der Waals surface area contributed by atoms with Gasteiger partial charge < -0.3 is 19.1 Å². The van der Waals surface area contributed by atoms with Crippen LogP contribution in [0.5, 0.6) is 11.5 Å². The van der Waals surface area contributed by atoms with Crippen molar-refractivity contribution in [1.82, 2.24) is 9.55 Å². The third-order valence-electron chi connectivity index (χ3n) is 15.2. The van der Waals surface area contributed by atoms with E-state index in [0.29, 0.717) is 23.3 Å². The summed E-state index contributed by atoms with van der Waals surface area (Å²) >= 11 is 0. The summed E-state index contributed by atoms with van der Waals surface area (Å²) in [5.74, 6) is 2.77. The molecule has 2 aromatic heterocycles. The Balaban J connectivity index is 0.00000689. The van der Waals surface area contributed by atoms with Gasteiger partial charge in [0.2, 0.25) is 0 Å². The Morgan fingerprint density at radius 2 is 1.13 bits per heavy atom. The second-order valence-corrected chi connectivity index (χ2v) is 24.8. The molecule has 0 unspecified atom stereocenters. The molecule has 0 fully saturated rings. The predicted molar refractivity (Wildman–Crippen MR) is 313 cm³/mol. The minimum absolute atomic E-state index is 0. The van der Waals surface area contributed by atoms with Crippen LogP contribution >= 0.6 is 0 Å². The topological polar surface area (TPSA) is 33.5 Å². The van der Waals surface area contributed by atoms with E-state index in [9.17, 15) is 0 Å². The maximum absolute atomic E-state index is 7.03. The molecule has 0 bridgehead atoms. The van der Waals surface area contributed by atoms with Crippen molar-refractivity contribution in [2.45, 2.75) is 137 Å². The molecule has 9 aromatic rings. The van der Waals surface area contributed by atoms with Gasteiger partial charge in [-0.2, -0.15) is 6.07 Å². The van der Waals surface area contributed by atoms with E-state index in [2.05, 4.69) is 277 Å². The third kappa shape index (κ3) is 10.2. The van der Waals surface area contributed by atoms with Gasteiger partial charge in [-0.1, -0.05) is 188 Å². The maximum Gasteiger partial charge on any atom is 0.135 e. The van der Waals surface area contributed by atoms with Crippen LogP contribution in [0, 0.1) is 18.8 Å². The molecule has 6 heteroatoms. The summed E-state index contributed by atoms with van der Waals surface area (Å²) in [6.07, 6.45) is 1.93. The third-order valence-corrected chi connectivity index (χ3v) is 15.2. The molecule has 388 valence electrons. The number of pyridine rings is 1. The zero-order chi connectivity index (χ0) is 52.6. The van der Waals surface area contributed by atoms with Crippen LogP contribution in [-0.4, -0.2) is 9.55 Å². The fourth-order valence-corrected chi connectivity index (χ4v) is 10.6. The number of fused-ring (bicyclic) bond motifs is 4. The van der Waals surface area contributed by atoms with Crippen molar-refractivity contribution in [3.63, 3.8) is 0 Å². The Bertz CT molecular complexity index is 3500. The first-order chi connectivity index (χ1) is 35.0. The molecule has 0 radical (unpaired) electrons. The van der Waals surface area contributed by atoms with E-state index in [4.69, 9.17) is 9.72 Å². The normalized spacial score (nSPS) is 13.3. The molecule has 0 amide bonds. The van der Waals surface area contributed by atoms with E-state index in [1.54, 1.807) is 0 Å². The fraction of sp³-hybridized carbons (Fsp3) is 0.304. The Hall–Kier alpha value is -6.42. The van der Waals surface area contributed by atoms with E-state index in [1.807, 2.05) is 12.3 Å². The van der Waals surface area contributed by atoms with Gasteiger partial charge in [0.25, 0.3) is 0 Å². The minimum Gasteiger partial charge on any atom is -0.509 e. The molecule has 0 aliphatic carbocycles. The average Bonchev–Trinajstić information content (AvgIpc) is 3.91. The molecule has 10 rings (SSSR count). The van der Waals surface area contributed by atoms with Crippen molar-refractivity contribution in [1.29, 1.82) is 0 Å². The summed E-state index contributed by atoms with van der Waals surface area (Å²) in [6.45, 7) is 36.7. The number of rotatable bonds is 10. The van der Waals surface area contributed by atoms with Crippen LogP contribution in [0.1, 0.15) is 155 Å². The molecule has 1 aliphatic rings. The van der Waals surface area contributed by atoms with Crippen molar-refractivity contribution in [3.05, 3.63) is 210 Å². The van der Waals surface area contributed by atoms with Gasteiger partial charge in [0.15, 0.2) is 0 Å². The Labute approximate surface area is 462 Å². The minimum atomic E-state index is -0.241. The summed E-state index contributed by atoms with van der Waals surface area (Å²) in [5, 5.41) is 2.22. The molecule has 1 aliphatic heterocycles. The molecule has 5 nitrogen and oxygen atoms in total.